The van der Waals surface area contributed by atoms with E-state index in [0.717, 1.165) is 31.5 Å². The smallest absolute Gasteiger partial charge is 0.255 e. The average Bonchev–Trinajstić information content (AvgIpc) is 3.26. The molecule has 0 atom stereocenters. The van der Waals surface area contributed by atoms with E-state index in [0.29, 0.717) is 28.5 Å². The maximum atomic E-state index is 14.6. The topological polar surface area (TPSA) is 99.2 Å². The highest BCUT2D eigenvalue weighted by Crippen LogP contribution is 2.35. The monoisotopic (exact) mass is 508 g/mol. The summed E-state index contributed by atoms with van der Waals surface area (Å²) < 4.78 is 14.6. The first-order valence-corrected chi connectivity index (χ1v) is 12.2. The van der Waals surface area contributed by atoms with E-state index in [4.69, 9.17) is 11.6 Å². The number of hydrogen-bond acceptors (Lipinski definition) is 6. The molecule has 0 radical (unpaired) electrons. The van der Waals surface area contributed by atoms with Gasteiger partial charge in [0.2, 0.25) is 5.91 Å². The number of piperidine rings is 1. The number of nitrogens with one attached hydrogen (secondary N) is 3. The van der Waals surface area contributed by atoms with Crippen molar-refractivity contribution in [3.63, 3.8) is 0 Å². The lowest BCUT2D eigenvalue weighted by atomic mass is 10.0. The van der Waals surface area contributed by atoms with Crippen LogP contribution in [0.25, 0.3) is 11.3 Å². The van der Waals surface area contributed by atoms with Gasteiger partial charge in [0.05, 0.1) is 46.2 Å². The molecule has 1 fully saturated rings. The van der Waals surface area contributed by atoms with Crippen molar-refractivity contribution in [2.45, 2.75) is 31.8 Å². The lowest BCUT2D eigenvalue weighted by molar-refractivity contribution is -0.131. The molecule has 0 spiro atoms. The highest BCUT2D eigenvalue weighted by Gasteiger charge is 2.27. The Labute approximate surface area is 213 Å². The molecule has 1 saturated heterocycles. The molecule has 10 heteroatoms. The van der Waals surface area contributed by atoms with E-state index in [1.165, 1.54) is 12.1 Å². The molecule has 0 bridgehead atoms. The SMILES string of the molecule is CN(C(=O)Cc1ccc(Nc2cc(-c3c(F)cccc3Cl)nc3c2C(=O)NC3)nc1)C1CCNCC1. The van der Waals surface area contributed by atoms with Crippen LogP contribution in [0.4, 0.5) is 15.9 Å². The summed E-state index contributed by atoms with van der Waals surface area (Å²) in [5.74, 6) is -0.231. The highest BCUT2D eigenvalue weighted by atomic mass is 35.5. The highest BCUT2D eigenvalue weighted by molar-refractivity contribution is 6.33. The molecule has 2 amide bonds. The fourth-order valence-electron chi connectivity index (χ4n) is 4.64. The third-order valence-corrected chi connectivity index (χ3v) is 6.96. The molecule has 3 N–H and O–H groups in total. The Morgan fingerprint density at radius 2 is 2.03 bits per heavy atom. The van der Waals surface area contributed by atoms with E-state index >= 15 is 0 Å². The van der Waals surface area contributed by atoms with Crippen molar-refractivity contribution in [3.8, 4) is 11.3 Å². The van der Waals surface area contributed by atoms with Gasteiger partial charge in [-0.05, 0) is 55.8 Å². The first-order chi connectivity index (χ1) is 17.4. The van der Waals surface area contributed by atoms with Crippen LogP contribution in [0.15, 0.2) is 42.6 Å². The summed E-state index contributed by atoms with van der Waals surface area (Å²) in [5, 5.41) is 9.45. The summed E-state index contributed by atoms with van der Waals surface area (Å²) in [7, 11) is 1.86. The third-order valence-electron chi connectivity index (χ3n) is 6.65. The van der Waals surface area contributed by atoms with Crippen LogP contribution < -0.4 is 16.0 Å². The van der Waals surface area contributed by atoms with Gasteiger partial charge in [0.1, 0.15) is 11.6 Å². The minimum Gasteiger partial charge on any atom is -0.346 e. The number of rotatable bonds is 6. The molecule has 1 aromatic carbocycles. The third kappa shape index (κ3) is 4.89. The van der Waals surface area contributed by atoms with Crippen LogP contribution in [0.3, 0.4) is 0 Å². The number of fused-ring (bicyclic) bond motifs is 1. The minimum absolute atomic E-state index is 0.0550. The number of amides is 2. The summed E-state index contributed by atoms with van der Waals surface area (Å²) in [6.07, 6.45) is 3.81. The van der Waals surface area contributed by atoms with Crippen molar-refractivity contribution in [3.05, 3.63) is 70.3 Å². The number of carbonyl (C=O) groups is 2. The van der Waals surface area contributed by atoms with Gasteiger partial charge in [-0.3, -0.25) is 9.59 Å². The Balaban J connectivity index is 1.36. The van der Waals surface area contributed by atoms with Crippen molar-refractivity contribution < 1.29 is 14.0 Å². The van der Waals surface area contributed by atoms with E-state index in [1.807, 2.05) is 18.0 Å². The number of halogens is 2. The van der Waals surface area contributed by atoms with E-state index in [9.17, 15) is 14.0 Å². The number of nitrogens with zero attached hydrogens (tertiary/aromatic N) is 3. The fourth-order valence-corrected chi connectivity index (χ4v) is 4.90. The van der Waals surface area contributed by atoms with Crippen LogP contribution in [0.1, 0.15) is 34.5 Å². The first kappa shape index (κ1) is 24.1. The Hall–Kier alpha value is -3.56. The van der Waals surface area contributed by atoms with Crippen LogP contribution in [0.2, 0.25) is 5.02 Å². The molecular weight excluding hydrogens is 483 g/mol. The van der Waals surface area contributed by atoms with Crippen LogP contribution in [0.5, 0.6) is 0 Å². The van der Waals surface area contributed by atoms with Crippen molar-refractivity contribution >= 4 is 34.9 Å². The summed E-state index contributed by atoms with van der Waals surface area (Å²) in [6, 6.07) is 9.87. The lowest BCUT2D eigenvalue weighted by Gasteiger charge is -2.31. The summed E-state index contributed by atoms with van der Waals surface area (Å²) in [5.41, 5.74) is 2.62. The second-order valence-electron chi connectivity index (χ2n) is 9.00. The molecule has 4 heterocycles. The number of hydrogen-bond donors (Lipinski definition) is 3. The zero-order valence-corrected chi connectivity index (χ0v) is 20.5. The maximum Gasteiger partial charge on any atom is 0.255 e. The van der Waals surface area contributed by atoms with E-state index in [1.54, 1.807) is 24.4 Å². The van der Waals surface area contributed by atoms with Gasteiger partial charge in [-0.25, -0.2) is 14.4 Å². The van der Waals surface area contributed by atoms with Gasteiger partial charge in [-0.1, -0.05) is 23.7 Å². The van der Waals surface area contributed by atoms with Gasteiger partial charge in [0.15, 0.2) is 0 Å². The molecule has 0 unspecified atom stereocenters. The largest absolute Gasteiger partial charge is 0.346 e. The molecule has 5 rings (SSSR count). The van der Waals surface area contributed by atoms with Gasteiger partial charge in [0.25, 0.3) is 5.91 Å². The molecule has 0 saturated carbocycles. The van der Waals surface area contributed by atoms with Gasteiger partial charge in [-0.15, -0.1) is 0 Å². The van der Waals surface area contributed by atoms with Crippen LogP contribution in [-0.2, 0) is 17.8 Å². The van der Waals surface area contributed by atoms with Crippen LogP contribution in [-0.4, -0.2) is 52.9 Å². The molecule has 0 aliphatic carbocycles. The second kappa shape index (κ2) is 10.2. The van der Waals surface area contributed by atoms with Crippen molar-refractivity contribution in [2.24, 2.45) is 0 Å². The number of likely N-dealkylation sites (N-methyl/N-ethyl adjacent to an activating group) is 1. The summed E-state index contributed by atoms with van der Waals surface area (Å²) in [4.78, 5) is 36.0. The number of pyridine rings is 2. The fraction of sp³-hybridized carbons (Fsp3) is 0.308. The van der Waals surface area contributed by atoms with Gasteiger partial charge in [0, 0.05) is 19.3 Å². The standard InChI is InChI=1S/C26H26ClFN6O2/c1-34(16-7-9-29-10-8-16)23(35)11-15-5-6-22(30-13-15)33-20-12-19(24-17(27)3-2-4-18(24)28)32-21-14-31-26(36)25(20)21/h2-6,12-13,16,29H,7-11,14H2,1H3,(H,31,36)(H,30,32,33). The Morgan fingerprint density at radius 3 is 2.75 bits per heavy atom. The van der Waals surface area contributed by atoms with Gasteiger partial charge >= 0.3 is 0 Å². The zero-order chi connectivity index (χ0) is 25.2. The molecule has 2 aliphatic rings. The van der Waals surface area contributed by atoms with E-state index in [-0.39, 0.29) is 41.4 Å². The molecule has 2 aliphatic heterocycles. The van der Waals surface area contributed by atoms with Crippen LogP contribution in [0, 0.1) is 5.82 Å². The predicted molar refractivity (Wildman–Crippen MR) is 136 cm³/mol. The predicted octanol–water partition coefficient (Wildman–Crippen LogP) is 3.68. The Kier molecular flexibility index (Phi) is 6.84. The Bertz CT molecular complexity index is 1290. The van der Waals surface area contributed by atoms with Crippen molar-refractivity contribution in [2.75, 3.05) is 25.5 Å². The normalized spacial score (nSPS) is 15.4. The molecule has 186 valence electrons. The number of aromatic nitrogens is 2. The Morgan fingerprint density at radius 1 is 1.22 bits per heavy atom. The van der Waals surface area contributed by atoms with E-state index in [2.05, 4.69) is 25.9 Å². The summed E-state index contributed by atoms with van der Waals surface area (Å²) >= 11 is 6.26. The molecule has 3 aromatic rings. The quantitative estimate of drug-likeness (QED) is 0.470. The molecule has 8 nitrogen and oxygen atoms in total. The molecular formula is C26H26ClFN6O2. The molecule has 36 heavy (non-hydrogen) atoms. The minimum atomic E-state index is -0.500. The second-order valence-corrected chi connectivity index (χ2v) is 9.40. The first-order valence-electron chi connectivity index (χ1n) is 11.9. The zero-order valence-electron chi connectivity index (χ0n) is 19.8. The summed E-state index contributed by atoms with van der Waals surface area (Å²) in [6.45, 7) is 2.08. The molecule has 2 aromatic heterocycles. The van der Waals surface area contributed by atoms with Crippen LogP contribution >= 0.6 is 11.6 Å². The van der Waals surface area contributed by atoms with Gasteiger partial charge in [-0.2, -0.15) is 0 Å². The van der Waals surface area contributed by atoms with Crippen molar-refractivity contribution in [1.29, 1.82) is 0 Å². The number of benzene rings is 1. The van der Waals surface area contributed by atoms with E-state index < -0.39 is 5.82 Å². The number of carbonyl (C=O) groups excluding carboxylic acids is 2. The average molecular weight is 509 g/mol. The van der Waals surface area contributed by atoms with Crippen molar-refractivity contribution in [1.82, 2.24) is 25.5 Å². The lowest BCUT2D eigenvalue weighted by Crippen LogP contribution is -2.44. The maximum absolute atomic E-state index is 14.6. The number of anilines is 2. The van der Waals surface area contributed by atoms with Gasteiger partial charge < -0.3 is 20.9 Å².